The Bertz CT molecular complexity index is 443. The number of aryl methyl sites for hydroxylation is 1. The number of hydrogen-bond donors (Lipinski definition) is 0. The minimum atomic E-state index is -0.496. The molecule has 0 bridgehead atoms. The molecule has 1 rings (SSSR count). The van der Waals surface area contributed by atoms with Crippen molar-refractivity contribution in [2.45, 2.75) is 19.3 Å². The summed E-state index contributed by atoms with van der Waals surface area (Å²) in [6.45, 7) is 0. The maximum absolute atomic E-state index is 11.5. The molecule has 0 spiro atoms. The Morgan fingerprint density at radius 3 is 2.61 bits per heavy atom. The fraction of sp³-hybridized carbons (Fsp3) is 0.385. The van der Waals surface area contributed by atoms with E-state index in [1.165, 1.54) is 7.11 Å². The van der Waals surface area contributed by atoms with Crippen LogP contribution in [-0.4, -0.2) is 26.0 Å². The fourth-order valence-corrected chi connectivity index (χ4v) is 1.91. The minimum absolute atomic E-state index is 0.128. The molecule has 0 aliphatic heterocycles. The largest absolute Gasteiger partial charge is 0.497 e. The van der Waals surface area contributed by atoms with Crippen LogP contribution in [0.2, 0.25) is 0 Å². The third-order valence-corrected chi connectivity index (χ3v) is 3.27. The van der Waals surface area contributed by atoms with Crippen molar-refractivity contribution >= 4 is 27.7 Å². The summed E-state index contributed by atoms with van der Waals surface area (Å²) in [5.41, 5.74) is 0.979. The molecule has 0 aliphatic carbocycles. The lowest BCUT2D eigenvalue weighted by molar-refractivity contribution is -0.143. The lowest BCUT2D eigenvalue weighted by atomic mass is 10.1. The first-order valence-corrected chi connectivity index (χ1v) is 6.27. The molecule has 0 unspecified atom stereocenters. The van der Waals surface area contributed by atoms with Crippen molar-refractivity contribution in [2.24, 2.45) is 0 Å². The molecule has 1 aromatic carbocycles. The minimum Gasteiger partial charge on any atom is -0.497 e. The van der Waals surface area contributed by atoms with E-state index >= 15 is 0 Å². The zero-order valence-corrected chi connectivity index (χ0v) is 12.0. The van der Waals surface area contributed by atoms with Crippen LogP contribution in [-0.2, 0) is 20.7 Å². The Kier molecular flexibility index (Phi) is 5.85. The summed E-state index contributed by atoms with van der Waals surface area (Å²) in [7, 11) is 2.86. The summed E-state index contributed by atoms with van der Waals surface area (Å²) in [4.78, 5) is 22.4. The predicted molar refractivity (Wildman–Crippen MR) is 70.7 cm³/mol. The lowest BCUT2D eigenvalue weighted by Crippen LogP contribution is -2.10. The highest BCUT2D eigenvalue weighted by atomic mass is 79.9. The molecule has 0 amide bonds. The number of halogens is 1. The van der Waals surface area contributed by atoms with Crippen LogP contribution in [0, 0.1) is 0 Å². The van der Waals surface area contributed by atoms with Gasteiger partial charge in [0, 0.05) is 10.9 Å². The molecule has 0 heterocycles. The van der Waals surface area contributed by atoms with Gasteiger partial charge in [0.1, 0.15) is 18.0 Å². The van der Waals surface area contributed by atoms with Gasteiger partial charge in [0.05, 0.1) is 14.2 Å². The van der Waals surface area contributed by atoms with Gasteiger partial charge >= 0.3 is 5.97 Å². The number of hydrogen-bond acceptors (Lipinski definition) is 4. The van der Waals surface area contributed by atoms with Gasteiger partial charge in [-0.2, -0.15) is 0 Å². The van der Waals surface area contributed by atoms with Crippen molar-refractivity contribution in [3.63, 3.8) is 0 Å². The van der Waals surface area contributed by atoms with E-state index in [-0.39, 0.29) is 12.2 Å². The van der Waals surface area contributed by atoms with Crippen LogP contribution in [0.4, 0.5) is 0 Å². The Labute approximate surface area is 114 Å². The Balaban J connectivity index is 2.57. The molecule has 0 aliphatic rings. The summed E-state index contributed by atoms with van der Waals surface area (Å²) in [6, 6.07) is 5.58. The molecule has 0 N–H and O–H groups in total. The first-order chi connectivity index (χ1) is 8.56. The third kappa shape index (κ3) is 4.49. The number of ether oxygens (including phenoxy) is 2. The SMILES string of the molecule is COC(=O)CC(=O)CCc1cc(OC)ccc1Br. The summed E-state index contributed by atoms with van der Waals surface area (Å²) < 4.78 is 10.5. The molecular formula is C13H15BrO4. The molecule has 5 heteroatoms. The highest BCUT2D eigenvalue weighted by Gasteiger charge is 2.11. The van der Waals surface area contributed by atoms with Crippen LogP contribution in [0.5, 0.6) is 5.75 Å². The molecule has 0 radical (unpaired) electrons. The first-order valence-electron chi connectivity index (χ1n) is 5.47. The van der Waals surface area contributed by atoms with E-state index in [0.29, 0.717) is 12.8 Å². The fourth-order valence-electron chi connectivity index (χ4n) is 1.47. The molecule has 18 heavy (non-hydrogen) atoms. The van der Waals surface area contributed by atoms with Gasteiger partial charge in [0.25, 0.3) is 0 Å². The second-order valence-electron chi connectivity index (χ2n) is 3.75. The second-order valence-corrected chi connectivity index (χ2v) is 4.60. The van der Waals surface area contributed by atoms with Crippen LogP contribution in [0.25, 0.3) is 0 Å². The lowest BCUT2D eigenvalue weighted by Gasteiger charge is -2.06. The molecule has 4 nitrogen and oxygen atoms in total. The van der Waals surface area contributed by atoms with E-state index in [0.717, 1.165) is 15.8 Å². The van der Waals surface area contributed by atoms with E-state index in [1.807, 2.05) is 18.2 Å². The predicted octanol–water partition coefficient (Wildman–Crippen LogP) is 2.52. The quantitative estimate of drug-likeness (QED) is 0.598. The van der Waals surface area contributed by atoms with Crippen molar-refractivity contribution in [3.05, 3.63) is 28.2 Å². The number of esters is 1. The van der Waals surface area contributed by atoms with E-state index < -0.39 is 5.97 Å². The molecule has 0 saturated heterocycles. The number of ketones is 1. The summed E-state index contributed by atoms with van der Waals surface area (Å²) in [5.74, 6) is 0.120. The van der Waals surface area contributed by atoms with Crippen molar-refractivity contribution in [3.8, 4) is 5.75 Å². The summed E-state index contributed by atoms with van der Waals surface area (Å²) in [5, 5.41) is 0. The normalized spacial score (nSPS) is 9.94. The van der Waals surface area contributed by atoms with Crippen LogP contribution < -0.4 is 4.74 Å². The number of benzene rings is 1. The molecule has 98 valence electrons. The van der Waals surface area contributed by atoms with Crippen molar-refractivity contribution < 1.29 is 19.1 Å². The third-order valence-electron chi connectivity index (χ3n) is 2.50. The molecule has 0 fully saturated rings. The van der Waals surface area contributed by atoms with Crippen LogP contribution in [0.1, 0.15) is 18.4 Å². The monoisotopic (exact) mass is 314 g/mol. The van der Waals surface area contributed by atoms with Gasteiger partial charge in [-0.25, -0.2) is 0 Å². The number of carbonyl (C=O) groups excluding carboxylic acids is 2. The van der Waals surface area contributed by atoms with E-state index in [4.69, 9.17) is 4.74 Å². The van der Waals surface area contributed by atoms with Gasteiger partial charge in [-0.15, -0.1) is 0 Å². The first kappa shape index (κ1) is 14.7. The highest BCUT2D eigenvalue weighted by molar-refractivity contribution is 9.10. The van der Waals surface area contributed by atoms with Crippen molar-refractivity contribution in [2.75, 3.05) is 14.2 Å². The molecule has 1 aromatic rings. The molecule has 0 aromatic heterocycles. The Morgan fingerprint density at radius 2 is 2.00 bits per heavy atom. The smallest absolute Gasteiger partial charge is 0.313 e. The number of methoxy groups -OCH3 is 2. The van der Waals surface area contributed by atoms with Gasteiger partial charge in [0.2, 0.25) is 0 Å². The molecular weight excluding hydrogens is 300 g/mol. The van der Waals surface area contributed by atoms with Gasteiger partial charge in [-0.1, -0.05) is 15.9 Å². The van der Waals surface area contributed by atoms with Crippen LogP contribution >= 0.6 is 15.9 Å². The van der Waals surface area contributed by atoms with Gasteiger partial charge in [-0.05, 0) is 30.2 Å². The van der Waals surface area contributed by atoms with Gasteiger partial charge < -0.3 is 9.47 Å². The standard InChI is InChI=1S/C13H15BrO4/c1-17-11-5-6-12(14)9(7-11)3-4-10(15)8-13(16)18-2/h5-7H,3-4,8H2,1-2H3. The number of rotatable bonds is 6. The number of carbonyl (C=O) groups is 2. The van der Waals surface area contributed by atoms with Crippen LogP contribution in [0.15, 0.2) is 22.7 Å². The summed E-state index contributed by atoms with van der Waals surface area (Å²) >= 11 is 3.42. The zero-order valence-electron chi connectivity index (χ0n) is 10.4. The Hall–Kier alpha value is -1.36. The van der Waals surface area contributed by atoms with Crippen LogP contribution in [0.3, 0.4) is 0 Å². The van der Waals surface area contributed by atoms with Crippen molar-refractivity contribution in [1.82, 2.24) is 0 Å². The molecule has 0 atom stereocenters. The van der Waals surface area contributed by atoms with Gasteiger partial charge in [-0.3, -0.25) is 9.59 Å². The van der Waals surface area contributed by atoms with Gasteiger partial charge in [0.15, 0.2) is 0 Å². The van der Waals surface area contributed by atoms with Crippen molar-refractivity contribution in [1.29, 1.82) is 0 Å². The summed E-state index contributed by atoms with van der Waals surface area (Å²) in [6.07, 6.45) is 0.701. The maximum atomic E-state index is 11.5. The zero-order chi connectivity index (χ0) is 13.5. The topological polar surface area (TPSA) is 52.6 Å². The average molecular weight is 315 g/mol. The Morgan fingerprint density at radius 1 is 1.28 bits per heavy atom. The average Bonchev–Trinajstić information content (AvgIpc) is 2.37. The van der Waals surface area contributed by atoms with E-state index in [1.54, 1.807) is 7.11 Å². The van der Waals surface area contributed by atoms with E-state index in [2.05, 4.69) is 20.7 Å². The van der Waals surface area contributed by atoms with E-state index in [9.17, 15) is 9.59 Å². The molecule has 0 saturated carbocycles. The number of Topliss-reactive ketones (excluding diaryl/α,β-unsaturated/α-hetero) is 1. The second kappa shape index (κ2) is 7.16. The highest BCUT2D eigenvalue weighted by Crippen LogP contribution is 2.23. The maximum Gasteiger partial charge on any atom is 0.313 e.